The van der Waals surface area contributed by atoms with Gasteiger partial charge in [0.05, 0.1) is 10.5 Å². The average molecular weight is 290 g/mol. The van der Waals surface area contributed by atoms with Crippen LogP contribution in [0.25, 0.3) is 0 Å². The fraction of sp³-hybridized carbons (Fsp3) is 0.600. The van der Waals surface area contributed by atoms with Crippen molar-refractivity contribution in [1.29, 1.82) is 0 Å². The molecule has 0 aliphatic rings. The van der Waals surface area contributed by atoms with Gasteiger partial charge in [0, 0.05) is 11.8 Å². The van der Waals surface area contributed by atoms with Gasteiger partial charge >= 0.3 is 0 Å². The topological polar surface area (TPSA) is 112 Å². The first-order valence-corrected chi connectivity index (χ1v) is 8.01. The average Bonchev–Trinajstić information content (AvgIpc) is 2.13. The highest BCUT2D eigenvalue weighted by Crippen LogP contribution is 2.20. The molecule has 1 aromatic heterocycles. The molecule has 0 aliphatic carbocycles. The van der Waals surface area contributed by atoms with Gasteiger partial charge in [0.1, 0.15) is 11.6 Å². The summed E-state index contributed by atoms with van der Waals surface area (Å²) in [7, 11) is -3.13. The van der Waals surface area contributed by atoms with E-state index in [0.29, 0.717) is 10.9 Å². The Morgan fingerprint density at radius 3 is 2.17 bits per heavy atom. The van der Waals surface area contributed by atoms with Gasteiger partial charge in [-0.1, -0.05) is 11.8 Å². The normalized spacial score (nSPS) is 12.6. The second kappa shape index (κ2) is 5.31. The van der Waals surface area contributed by atoms with Crippen LogP contribution in [0.5, 0.6) is 0 Å². The lowest BCUT2D eigenvalue weighted by Crippen LogP contribution is -2.31. The molecule has 1 heterocycles. The molecule has 0 saturated carbocycles. The maximum absolute atomic E-state index is 11.9. The van der Waals surface area contributed by atoms with E-state index in [4.69, 9.17) is 11.5 Å². The summed E-state index contributed by atoms with van der Waals surface area (Å²) in [5, 5.41) is 0.400. The molecule has 1 aromatic rings. The lowest BCUT2D eigenvalue weighted by Gasteiger charge is -2.18. The van der Waals surface area contributed by atoms with Crippen LogP contribution in [-0.2, 0) is 9.84 Å². The van der Waals surface area contributed by atoms with Crippen LogP contribution < -0.4 is 11.5 Å². The van der Waals surface area contributed by atoms with Gasteiger partial charge in [0.25, 0.3) is 0 Å². The number of nitrogens with two attached hydrogens (primary N) is 2. The third-order valence-corrected chi connectivity index (χ3v) is 5.98. The largest absolute Gasteiger partial charge is 0.383 e. The molecule has 18 heavy (non-hydrogen) atoms. The predicted molar refractivity (Wildman–Crippen MR) is 75.1 cm³/mol. The summed E-state index contributed by atoms with van der Waals surface area (Å²) in [6.07, 6.45) is 0. The molecule has 0 aromatic carbocycles. The molecule has 0 amide bonds. The Balaban J connectivity index is 2.63. The van der Waals surface area contributed by atoms with Crippen molar-refractivity contribution in [3.8, 4) is 0 Å². The number of hydrogen-bond donors (Lipinski definition) is 2. The third kappa shape index (κ3) is 4.02. The van der Waals surface area contributed by atoms with Crippen LogP contribution >= 0.6 is 11.8 Å². The SMILES string of the molecule is CC(C)(C)S(=O)(=O)CCSc1nc(N)cc(N)n1. The van der Waals surface area contributed by atoms with Crippen LogP contribution in [-0.4, -0.2) is 34.6 Å². The molecule has 4 N–H and O–H groups in total. The molecular weight excluding hydrogens is 272 g/mol. The monoisotopic (exact) mass is 290 g/mol. The molecule has 0 aliphatic heterocycles. The molecule has 0 atom stereocenters. The van der Waals surface area contributed by atoms with Crippen molar-refractivity contribution in [2.45, 2.75) is 30.7 Å². The minimum atomic E-state index is -3.13. The fourth-order valence-corrected chi connectivity index (χ4v) is 3.42. The summed E-state index contributed by atoms with van der Waals surface area (Å²) >= 11 is 1.23. The summed E-state index contributed by atoms with van der Waals surface area (Å²) < 4.78 is 23.0. The van der Waals surface area contributed by atoms with Gasteiger partial charge in [-0.25, -0.2) is 18.4 Å². The minimum Gasteiger partial charge on any atom is -0.383 e. The van der Waals surface area contributed by atoms with Crippen molar-refractivity contribution in [2.24, 2.45) is 0 Å². The molecule has 0 bridgehead atoms. The fourth-order valence-electron chi connectivity index (χ4n) is 1.08. The molecule has 0 saturated heterocycles. The smallest absolute Gasteiger partial charge is 0.191 e. The summed E-state index contributed by atoms with van der Waals surface area (Å²) in [6, 6.07) is 1.45. The third-order valence-electron chi connectivity index (χ3n) is 2.26. The molecule has 1 rings (SSSR count). The van der Waals surface area contributed by atoms with E-state index in [0.717, 1.165) is 0 Å². The van der Waals surface area contributed by atoms with Crippen LogP contribution in [0.2, 0.25) is 0 Å². The van der Waals surface area contributed by atoms with Crippen LogP contribution in [0.4, 0.5) is 11.6 Å². The van der Waals surface area contributed by atoms with E-state index in [9.17, 15) is 8.42 Å². The van der Waals surface area contributed by atoms with Crippen LogP contribution in [0.3, 0.4) is 0 Å². The summed E-state index contributed by atoms with van der Waals surface area (Å²) in [5.41, 5.74) is 11.0. The van der Waals surface area contributed by atoms with E-state index in [-0.39, 0.29) is 17.4 Å². The van der Waals surface area contributed by atoms with Gasteiger partial charge in [-0.05, 0) is 20.8 Å². The number of hydrogen-bond acceptors (Lipinski definition) is 7. The van der Waals surface area contributed by atoms with Crippen molar-refractivity contribution in [3.63, 3.8) is 0 Å². The molecule has 102 valence electrons. The van der Waals surface area contributed by atoms with Crippen LogP contribution in [0.1, 0.15) is 20.8 Å². The van der Waals surface area contributed by atoms with Gasteiger partial charge in [-0.3, -0.25) is 0 Å². The Morgan fingerprint density at radius 1 is 1.22 bits per heavy atom. The zero-order chi connectivity index (χ0) is 14.0. The number of aromatic nitrogens is 2. The number of nitrogens with zero attached hydrogens (tertiary/aromatic N) is 2. The van der Waals surface area contributed by atoms with Gasteiger partial charge in [-0.2, -0.15) is 0 Å². The first-order chi connectivity index (χ1) is 8.12. The zero-order valence-corrected chi connectivity index (χ0v) is 12.3. The maximum atomic E-state index is 11.9. The van der Waals surface area contributed by atoms with Gasteiger partial charge in [0.15, 0.2) is 15.0 Å². The molecule has 0 radical (unpaired) electrons. The number of anilines is 2. The summed E-state index contributed by atoms with van der Waals surface area (Å²) in [6.45, 7) is 5.05. The van der Waals surface area contributed by atoms with E-state index in [1.165, 1.54) is 17.8 Å². The minimum absolute atomic E-state index is 0.0687. The zero-order valence-electron chi connectivity index (χ0n) is 10.7. The van der Waals surface area contributed by atoms with Crippen molar-refractivity contribution in [3.05, 3.63) is 6.07 Å². The molecule has 6 nitrogen and oxygen atoms in total. The van der Waals surface area contributed by atoms with Crippen molar-refractivity contribution >= 4 is 33.2 Å². The summed E-state index contributed by atoms with van der Waals surface area (Å²) in [4.78, 5) is 7.94. The Bertz CT molecular complexity index is 503. The lowest BCUT2D eigenvalue weighted by atomic mass is 10.3. The van der Waals surface area contributed by atoms with E-state index >= 15 is 0 Å². The molecule has 0 unspecified atom stereocenters. The molecule has 8 heteroatoms. The summed E-state index contributed by atoms with van der Waals surface area (Å²) in [5.74, 6) is 1.01. The van der Waals surface area contributed by atoms with Gasteiger partial charge in [0.2, 0.25) is 0 Å². The molecular formula is C10H18N4O2S2. The molecule has 0 fully saturated rings. The van der Waals surface area contributed by atoms with Crippen molar-refractivity contribution in [2.75, 3.05) is 23.0 Å². The second-order valence-electron chi connectivity index (χ2n) is 4.78. The Labute approximate surface area is 111 Å². The maximum Gasteiger partial charge on any atom is 0.191 e. The Kier molecular flexibility index (Phi) is 4.44. The van der Waals surface area contributed by atoms with E-state index in [2.05, 4.69) is 9.97 Å². The van der Waals surface area contributed by atoms with Crippen molar-refractivity contribution in [1.82, 2.24) is 9.97 Å². The highest BCUT2D eigenvalue weighted by molar-refractivity contribution is 8.00. The number of nitrogen functional groups attached to an aromatic ring is 2. The van der Waals surface area contributed by atoms with Crippen molar-refractivity contribution < 1.29 is 8.42 Å². The Morgan fingerprint density at radius 2 is 1.72 bits per heavy atom. The highest BCUT2D eigenvalue weighted by atomic mass is 32.2. The number of rotatable bonds is 4. The Hall–Kier alpha value is -1.02. The lowest BCUT2D eigenvalue weighted by molar-refractivity contribution is 0.562. The number of sulfone groups is 1. The van der Waals surface area contributed by atoms with Crippen LogP contribution in [0, 0.1) is 0 Å². The van der Waals surface area contributed by atoms with E-state index < -0.39 is 14.6 Å². The quantitative estimate of drug-likeness (QED) is 0.627. The highest BCUT2D eigenvalue weighted by Gasteiger charge is 2.28. The van der Waals surface area contributed by atoms with Gasteiger partial charge in [-0.15, -0.1) is 0 Å². The first-order valence-electron chi connectivity index (χ1n) is 5.37. The van der Waals surface area contributed by atoms with E-state index in [1.54, 1.807) is 20.8 Å². The van der Waals surface area contributed by atoms with Crippen LogP contribution in [0.15, 0.2) is 11.2 Å². The number of thioether (sulfide) groups is 1. The second-order valence-corrected chi connectivity index (χ2v) is 8.70. The predicted octanol–water partition coefficient (Wildman–Crippen LogP) is 0.946. The first kappa shape index (κ1) is 15.0. The molecule has 0 spiro atoms. The van der Waals surface area contributed by atoms with Gasteiger partial charge < -0.3 is 11.5 Å². The standard InChI is InChI=1S/C10H18N4O2S2/c1-10(2,3)18(15,16)5-4-17-9-13-7(11)6-8(12)14-9/h6H,4-5H2,1-3H3,(H4,11,12,13,14). The van der Waals surface area contributed by atoms with E-state index in [1.807, 2.05) is 0 Å².